The minimum Gasteiger partial charge on any atom is -0.369 e. The summed E-state index contributed by atoms with van der Waals surface area (Å²) in [7, 11) is 1.70. The maximum atomic E-state index is 13.2. The summed E-state index contributed by atoms with van der Waals surface area (Å²) in [5.74, 6) is 0.430. The van der Waals surface area contributed by atoms with Crippen LogP contribution in [0.2, 0.25) is 0 Å². The highest BCUT2D eigenvalue weighted by Crippen LogP contribution is 2.36. The van der Waals surface area contributed by atoms with Crippen LogP contribution in [0.15, 0.2) is 57.5 Å². The molecule has 2 aromatic heterocycles. The van der Waals surface area contributed by atoms with E-state index in [0.717, 1.165) is 43.7 Å². The Kier molecular flexibility index (Phi) is 7.32. The van der Waals surface area contributed by atoms with Crippen LogP contribution in [0.5, 0.6) is 0 Å². The van der Waals surface area contributed by atoms with Crippen molar-refractivity contribution in [3.05, 3.63) is 68.6 Å². The third-order valence-electron chi connectivity index (χ3n) is 6.82. The van der Waals surface area contributed by atoms with Gasteiger partial charge in [-0.15, -0.1) is 0 Å². The Bertz CT molecular complexity index is 1390. The van der Waals surface area contributed by atoms with Crippen LogP contribution in [0.1, 0.15) is 31.7 Å². The summed E-state index contributed by atoms with van der Waals surface area (Å²) in [4.78, 5) is 27.2. The highest BCUT2D eigenvalue weighted by Gasteiger charge is 2.21. The van der Waals surface area contributed by atoms with Crippen molar-refractivity contribution in [2.75, 3.05) is 42.9 Å². The van der Waals surface area contributed by atoms with Crippen LogP contribution in [-0.2, 0) is 7.05 Å². The van der Waals surface area contributed by atoms with Crippen LogP contribution in [-0.4, -0.2) is 52.2 Å². The quantitative estimate of drug-likeness (QED) is 0.461. The summed E-state index contributed by atoms with van der Waals surface area (Å²) in [5.41, 5.74) is 3.51. The van der Waals surface area contributed by atoms with Crippen molar-refractivity contribution in [3.8, 4) is 0 Å². The molecule has 0 amide bonds. The topological polar surface area (TPSA) is 66.3 Å². The number of allylic oxidation sites excluding steroid dienone is 4. The second kappa shape index (κ2) is 10.6. The Labute approximate surface area is 221 Å². The van der Waals surface area contributed by atoms with E-state index in [9.17, 15) is 4.79 Å². The SMILES string of the molecule is CCCN1CCN(c2ccc(Nc3ncc4cc(C5=C(Cl)CCC=C5Cl)c(=O)n(C)c4n3)cc2)CC1. The molecule has 36 heavy (non-hydrogen) atoms. The molecule has 2 aliphatic rings. The third-order valence-corrected chi connectivity index (χ3v) is 7.54. The molecule has 1 aromatic carbocycles. The molecule has 3 heterocycles. The molecule has 0 spiro atoms. The summed E-state index contributed by atoms with van der Waals surface area (Å²) in [6.07, 6.45) is 6.25. The van der Waals surface area contributed by atoms with Crippen LogP contribution in [0, 0.1) is 0 Å². The average Bonchev–Trinajstić information content (AvgIpc) is 2.88. The van der Waals surface area contributed by atoms with Gasteiger partial charge in [0.15, 0.2) is 0 Å². The zero-order valence-corrected chi connectivity index (χ0v) is 22.1. The lowest BCUT2D eigenvalue weighted by atomic mass is 9.99. The number of benzene rings is 1. The maximum absolute atomic E-state index is 13.2. The molecule has 0 bridgehead atoms. The molecule has 0 unspecified atom stereocenters. The fourth-order valence-corrected chi connectivity index (χ4v) is 5.56. The Balaban J connectivity index is 1.35. The Hall–Kier alpha value is -2.87. The summed E-state index contributed by atoms with van der Waals surface area (Å²) in [6.45, 7) is 7.69. The van der Waals surface area contributed by atoms with E-state index in [1.54, 1.807) is 19.3 Å². The van der Waals surface area contributed by atoms with E-state index >= 15 is 0 Å². The highest BCUT2D eigenvalue weighted by molar-refractivity contribution is 6.42. The van der Waals surface area contributed by atoms with Gasteiger partial charge in [0.05, 0.1) is 5.56 Å². The van der Waals surface area contributed by atoms with Crippen molar-refractivity contribution in [1.82, 2.24) is 19.4 Å². The molecular weight excluding hydrogens is 495 g/mol. The van der Waals surface area contributed by atoms with Gasteiger partial charge in [-0.2, -0.15) is 4.98 Å². The maximum Gasteiger partial charge on any atom is 0.259 e. The monoisotopic (exact) mass is 524 g/mol. The van der Waals surface area contributed by atoms with Gasteiger partial charge in [0.1, 0.15) is 5.65 Å². The minimum atomic E-state index is -0.197. The largest absolute Gasteiger partial charge is 0.369 e. The van der Waals surface area contributed by atoms with Crippen molar-refractivity contribution in [2.45, 2.75) is 26.2 Å². The van der Waals surface area contributed by atoms with E-state index in [1.807, 2.05) is 18.2 Å². The number of hydrogen-bond donors (Lipinski definition) is 1. The second-order valence-electron chi connectivity index (χ2n) is 9.27. The van der Waals surface area contributed by atoms with Gasteiger partial charge in [-0.25, -0.2) is 4.98 Å². The molecule has 1 fully saturated rings. The van der Waals surface area contributed by atoms with Crippen LogP contribution < -0.4 is 15.8 Å². The summed E-state index contributed by atoms with van der Waals surface area (Å²) >= 11 is 12.8. The van der Waals surface area contributed by atoms with Gasteiger partial charge in [-0.05, 0) is 56.1 Å². The molecule has 0 atom stereocenters. The van der Waals surface area contributed by atoms with Gasteiger partial charge in [0, 0.05) is 71.8 Å². The average molecular weight is 525 g/mol. The number of pyridine rings is 1. The van der Waals surface area contributed by atoms with Crippen LogP contribution in [0.25, 0.3) is 16.6 Å². The first-order chi connectivity index (χ1) is 17.4. The number of anilines is 3. The number of nitrogens with zero attached hydrogens (tertiary/aromatic N) is 5. The summed E-state index contributed by atoms with van der Waals surface area (Å²) < 4.78 is 1.52. The van der Waals surface area contributed by atoms with Crippen molar-refractivity contribution in [3.63, 3.8) is 0 Å². The molecule has 1 saturated heterocycles. The van der Waals surface area contributed by atoms with Gasteiger partial charge < -0.3 is 10.2 Å². The van der Waals surface area contributed by atoms with Crippen molar-refractivity contribution in [1.29, 1.82) is 0 Å². The number of fused-ring (bicyclic) bond motifs is 1. The standard InChI is InChI=1S/C27H30Cl2N6O/c1-3-11-34-12-14-35(15-13-34)20-9-7-19(8-10-20)31-27-30-17-18-16-21(26(36)33(2)25(18)32-27)24-22(28)5-4-6-23(24)29/h5,7-10,16-17H,3-4,6,11-15H2,1-2H3,(H,30,31,32). The first-order valence-electron chi connectivity index (χ1n) is 12.4. The van der Waals surface area contributed by atoms with Crippen LogP contribution >= 0.6 is 23.2 Å². The number of hydrogen-bond acceptors (Lipinski definition) is 6. The normalized spacial score (nSPS) is 17.0. The van der Waals surface area contributed by atoms with Gasteiger partial charge in [0.2, 0.25) is 5.95 Å². The molecule has 7 nitrogen and oxygen atoms in total. The lowest BCUT2D eigenvalue weighted by molar-refractivity contribution is 0.258. The first-order valence-corrected chi connectivity index (χ1v) is 13.2. The Morgan fingerprint density at radius 3 is 2.53 bits per heavy atom. The molecular formula is C27H30Cl2N6O. The number of aryl methyl sites for hydroxylation is 1. The molecule has 5 rings (SSSR count). The first kappa shape index (κ1) is 24.8. The fraction of sp³-hybridized carbons (Fsp3) is 0.370. The second-order valence-corrected chi connectivity index (χ2v) is 10.1. The molecule has 3 aromatic rings. The summed E-state index contributed by atoms with van der Waals surface area (Å²) in [5, 5.41) is 5.11. The van der Waals surface area contributed by atoms with E-state index in [4.69, 9.17) is 23.2 Å². The zero-order valence-electron chi connectivity index (χ0n) is 20.6. The molecule has 1 N–H and O–H groups in total. The van der Waals surface area contributed by atoms with Crippen LogP contribution in [0.3, 0.4) is 0 Å². The lowest BCUT2D eigenvalue weighted by Gasteiger charge is -2.36. The van der Waals surface area contributed by atoms with Gasteiger partial charge in [-0.1, -0.05) is 36.2 Å². The zero-order chi connectivity index (χ0) is 25.2. The van der Waals surface area contributed by atoms with Crippen molar-refractivity contribution >= 4 is 57.1 Å². The number of halogens is 2. The highest BCUT2D eigenvalue weighted by atomic mass is 35.5. The predicted octanol–water partition coefficient (Wildman–Crippen LogP) is 5.47. The van der Waals surface area contributed by atoms with Crippen molar-refractivity contribution in [2.24, 2.45) is 7.05 Å². The molecule has 1 aliphatic heterocycles. The fourth-order valence-electron chi connectivity index (χ4n) is 4.87. The smallest absolute Gasteiger partial charge is 0.259 e. The van der Waals surface area contributed by atoms with E-state index in [2.05, 4.69) is 44.1 Å². The van der Waals surface area contributed by atoms with Gasteiger partial charge in [-0.3, -0.25) is 14.3 Å². The Morgan fingerprint density at radius 1 is 1.08 bits per heavy atom. The van der Waals surface area contributed by atoms with Gasteiger partial charge in [0.25, 0.3) is 5.56 Å². The van der Waals surface area contributed by atoms with E-state index in [0.29, 0.717) is 39.2 Å². The molecule has 9 heteroatoms. The number of aromatic nitrogens is 3. The number of piperazine rings is 1. The molecule has 0 radical (unpaired) electrons. The van der Waals surface area contributed by atoms with E-state index < -0.39 is 0 Å². The van der Waals surface area contributed by atoms with Crippen LogP contribution in [0.4, 0.5) is 17.3 Å². The third kappa shape index (κ3) is 5.01. The number of nitrogens with one attached hydrogen (secondary N) is 1. The summed E-state index contributed by atoms with van der Waals surface area (Å²) in [6, 6.07) is 10.1. The minimum absolute atomic E-state index is 0.197. The predicted molar refractivity (Wildman–Crippen MR) is 149 cm³/mol. The lowest BCUT2D eigenvalue weighted by Crippen LogP contribution is -2.46. The van der Waals surface area contributed by atoms with Gasteiger partial charge >= 0.3 is 0 Å². The Morgan fingerprint density at radius 2 is 1.83 bits per heavy atom. The molecule has 0 saturated carbocycles. The number of rotatable bonds is 6. The van der Waals surface area contributed by atoms with E-state index in [-0.39, 0.29) is 5.56 Å². The van der Waals surface area contributed by atoms with E-state index in [1.165, 1.54) is 23.2 Å². The van der Waals surface area contributed by atoms with Crippen molar-refractivity contribution < 1.29 is 0 Å². The molecule has 188 valence electrons. The molecule has 1 aliphatic carbocycles.